The summed E-state index contributed by atoms with van der Waals surface area (Å²) in [6.07, 6.45) is 1.13. The summed E-state index contributed by atoms with van der Waals surface area (Å²) in [6, 6.07) is 8.74. The summed E-state index contributed by atoms with van der Waals surface area (Å²) in [4.78, 5) is 8.29. The van der Waals surface area contributed by atoms with Crippen LogP contribution >= 0.6 is 24.0 Å². The summed E-state index contributed by atoms with van der Waals surface area (Å²) in [5.74, 6) is 1.23. The second kappa shape index (κ2) is 13.6. The van der Waals surface area contributed by atoms with E-state index in [4.69, 9.17) is 0 Å². The van der Waals surface area contributed by atoms with Crippen LogP contribution in [0.4, 0.5) is 13.2 Å². The zero-order valence-corrected chi connectivity index (χ0v) is 21.3. The molecule has 0 bridgehead atoms. The van der Waals surface area contributed by atoms with Gasteiger partial charge in [0.1, 0.15) is 0 Å². The molecular weight excluding hydrogens is 530 g/mol. The molecule has 0 amide bonds. The van der Waals surface area contributed by atoms with Crippen molar-refractivity contribution < 1.29 is 13.2 Å². The lowest BCUT2D eigenvalue weighted by Crippen LogP contribution is -2.41. The van der Waals surface area contributed by atoms with Crippen molar-refractivity contribution in [3.63, 3.8) is 0 Å². The predicted molar refractivity (Wildman–Crippen MR) is 134 cm³/mol. The van der Waals surface area contributed by atoms with Gasteiger partial charge in [0.15, 0.2) is 5.96 Å². The Balaban J connectivity index is 0.00000363. The maximum absolute atomic E-state index is 12.5. The van der Waals surface area contributed by atoms with E-state index >= 15 is 0 Å². The number of hydrogen-bond acceptors (Lipinski definition) is 3. The van der Waals surface area contributed by atoms with Gasteiger partial charge in [0.05, 0.1) is 6.54 Å². The zero-order chi connectivity index (χ0) is 22.1. The number of benzene rings is 1. The number of piperidine rings is 1. The smallest absolute Gasteiger partial charge is 0.356 e. The predicted octanol–water partition coefficient (Wildman–Crippen LogP) is 4.23. The van der Waals surface area contributed by atoms with Gasteiger partial charge in [0.25, 0.3) is 0 Å². The number of rotatable bonds is 8. The molecule has 3 rings (SSSR count). The van der Waals surface area contributed by atoms with Crippen molar-refractivity contribution in [2.24, 2.45) is 10.9 Å². The fraction of sp³-hybridized carbons (Fsp3) is 0.696. The lowest BCUT2D eigenvalue weighted by molar-refractivity contribution is -0.148. The van der Waals surface area contributed by atoms with Gasteiger partial charge < -0.3 is 10.6 Å². The molecule has 5 nitrogen and oxygen atoms in total. The number of nitrogens with zero attached hydrogens (tertiary/aromatic N) is 3. The number of aliphatic imine (C=N–C) groups is 1. The van der Waals surface area contributed by atoms with Crippen LogP contribution in [-0.4, -0.2) is 68.3 Å². The van der Waals surface area contributed by atoms with E-state index in [1.54, 1.807) is 7.05 Å². The highest BCUT2D eigenvalue weighted by atomic mass is 127. The van der Waals surface area contributed by atoms with Gasteiger partial charge in [0, 0.05) is 26.7 Å². The van der Waals surface area contributed by atoms with Crippen molar-refractivity contribution in [3.05, 3.63) is 35.4 Å². The third-order valence-electron chi connectivity index (χ3n) is 6.27. The van der Waals surface area contributed by atoms with Gasteiger partial charge in [-0.25, -0.2) is 0 Å². The third kappa shape index (κ3) is 9.82. The molecule has 2 aliphatic rings. The van der Waals surface area contributed by atoms with E-state index in [1.807, 2.05) is 0 Å². The summed E-state index contributed by atoms with van der Waals surface area (Å²) in [7, 11) is 1.75. The maximum atomic E-state index is 12.5. The van der Waals surface area contributed by atoms with Crippen LogP contribution in [0.2, 0.25) is 0 Å². The molecule has 2 heterocycles. The standard InChI is InChI=1S/C23H36F3N5.HI/c1-27-22(28-11-8-19-9-14-31(15-10-19)18-23(24,25)26)29-16-20-4-6-21(7-5-20)17-30-12-2-3-13-30;/h4-7,19H,2-3,8-18H2,1H3,(H2,27,28,29);1H. The lowest BCUT2D eigenvalue weighted by atomic mass is 9.93. The topological polar surface area (TPSA) is 42.9 Å². The molecule has 2 aliphatic heterocycles. The van der Waals surface area contributed by atoms with Gasteiger partial charge in [-0.1, -0.05) is 24.3 Å². The second-order valence-electron chi connectivity index (χ2n) is 8.78. The van der Waals surface area contributed by atoms with Crippen molar-refractivity contribution >= 4 is 29.9 Å². The van der Waals surface area contributed by atoms with Crippen LogP contribution in [0.1, 0.15) is 43.2 Å². The minimum absolute atomic E-state index is 0. The Morgan fingerprint density at radius 1 is 0.969 bits per heavy atom. The fourth-order valence-corrected chi connectivity index (χ4v) is 4.45. The van der Waals surface area contributed by atoms with E-state index in [-0.39, 0.29) is 24.0 Å². The molecule has 0 atom stereocenters. The Morgan fingerprint density at radius 2 is 1.59 bits per heavy atom. The zero-order valence-electron chi connectivity index (χ0n) is 19.0. The Hall–Kier alpha value is -1.07. The first-order valence-corrected chi connectivity index (χ1v) is 11.4. The highest BCUT2D eigenvalue weighted by Gasteiger charge is 2.32. The molecule has 2 fully saturated rings. The van der Waals surface area contributed by atoms with Gasteiger partial charge >= 0.3 is 6.18 Å². The number of halogens is 4. The molecule has 0 radical (unpaired) electrons. The van der Waals surface area contributed by atoms with Crippen LogP contribution in [0.15, 0.2) is 29.3 Å². The quantitative estimate of drug-likeness (QED) is 0.281. The minimum atomic E-state index is -4.10. The van der Waals surface area contributed by atoms with Crippen molar-refractivity contribution in [1.82, 2.24) is 20.4 Å². The van der Waals surface area contributed by atoms with Crippen LogP contribution in [0.5, 0.6) is 0 Å². The molecule has 2 saturated heterocycles. The number of nitrogens with one attached hydrogen (secondary N) is 2. The van der Waals surface area contributed by atoms with Crippen molar-refractivity contribution in [2.45, 2.75) is 51.4 Å². The first kappa shape index (κ1) is 27.2. The van der Waals surface area contributed by atoms with Crippen LogP contribution in [0.3, 0.4) is 0 Å². The van der Waals surface area contributed by atoms with Crippen molar-refractivity contribution in [2.75, 3.05) is 46.3 Å². The van der Waals surface area contributed by atoms with E-state index in [0.29, 0.717) is 25.6 Å². The maximum Gasteiger partial charge on any atom is 0.401 e. The van der Waals surface area contributed by atoms with E-state index < -0.39 is 12.7 Å². The van der Waals surface area contributed by atoms with E-state index in [9.17, 15) is 13.2 Å². The van der Waals surface area contributed by atoms with Crippen LogP contribution in [0.25, 0.3) is 0 Å². The Morgan fingerprint density at radius 3 is 2.19 bits per heavy atom. The van der Waals surface area contributed by atoms with Gasteiger partial charge in [-0.15, -0.1) is 24.0 Å². The average molecular weight is 567 g/mol. The van der Waals surface area contributed by atoms with Gasteiger partial charge in [-0.2, -0.15) is 13.2 Å². The summed E-state index contributed by atoms with van der Waals surface area (Å²) >= 11 is 0. The number of alkyl halides is 3. The first-order valence-electron chi connectivity index (χ1n) is 11.4. The molecule has 0 aromatic heterocycles. The molecule has 32 heavy (non-hydrogen) atoms. The normalized spacial score (nSPS) is 19.1. The molecule has 182 valence electrons. The highest BCUT2D eigenvalue weighted by Crippen LogP contribution is 2.24. The summed E-state index contributed by atoms with van der Waals surface area (Å²) in [5, 5.41) is 6.68. The molecule has 0 aliphatic carbocycles. The molecule has 1 aromatic carbocycles. The van der Waals surface area contributed by atoms with Crippen molar-refractivity contribution in [1.29, 1.82) is 0 Å². The number of guanidine groups is 1. The number of likely N-dealkylation sites (tertiary alicyclic amines) is 2. The monoisotopic (exact) mass is 567 g/mol. The highest BCUT2D eigenvalue weighted by molar-refractivity contribution is 14.0. The molecule has 0 spiro atoms. The van der Waals surface area contributed by atoms with E-state index in [2.05, 4.69) is 44.8 Å². The lowest BCUT2D eigenvalue weighted by Gasteiger charge is -2.32. The second-order valence-corrected chi connectivity index (χ2v) is 8.78. The molecule has 0 saturated carbocycles. The van der Waals surface area contributed by atoms with Crippen LogP contribution < -0.4 is 10.6 Å². The largest absolute Gasteiger partial charge is 0.401 e. The van der Waals surface area contributed by atoms with Gasteiger partial charge in [-0.05, 0) is 75.3 Å². The third-order valence-corrected chi connectivity index (χ3v) is 6.27. The molecule has 1 aromatic rings. The van der Waals surface area contributed by atoms with Gasteiger partial charge in [-0.3, -0.25) is 14.8 Å². The average Bonchev–Trinajstić information content (AvgIpc) is 3.25. The summed E-state index contributed by atoms with van der Waals surface area (Å²) in [5.41, 5.74) is 2.57. The SMILES string of the molecule is CN=C(NCCC1CCN(CC(F)(F)F)CC1)NCc1ccc(CN2CCCC2)cc1.I. The van der Waals surface area contributed by atoms with Crippen LogP contribution in [0, 0.1) is 5.92 Å². The summed E-state index contributed by atoms with van der Waals surface area (Å²) in [6.45, 7) is 5.21. The molecule has 2 N–H and O–H groups in total. The van der Waals surface area contributed by atoms with Crippen molar-refractivity contribution in [3.8, 4) is 0 Å². The summed E-state index contributed by atoms with van der Waals surface area (Å²) < 4.78 is 37.5. The first-order chi connectivity index (χ1) is 14.9. The Kier molecular flexibility index (Phi) is 11.5. The van der Waals surface area contributed by atoms with E-state index in [1.165, 1.54) is 42.0 Å². The van der Waals surface area contributed by atoms with E-state index in [0.717, 1.165) is 38.3 Å². The number of hydrogen-bond donors (Lipinski definition) is 2. The minimum Gasteiger partial charge on any atom is -0.356 e. The Bertz CT molecular complexity index is 682. The van der Waals surface area contributed by atoms with Gasteiger partial charge in [0.2, 0.25) is 0 Å². The molecule has 0 unspecified atom stereocenters. The Labute approximate surface area is 207 Å². The van der Waals surface area contributed by atoms with Crippen LogP contribution in [-0.2, 0) is 13.1 Å². The molecule has 9 heteroatoms. The molecular formula is C23H37F3IN5. The fourth-order valence-electron chi connectivity index (χ4n) is 4.45.